The van der Waals surface area contributed by atoms with Crippen LogP contribution in [0.4, 0.5) is 5.69 Å². The molecule has 0 amide bonds. The highest BCUT2D eigenvalue weighted by Gasteiger charge is 2.25. The summed E-state index contributed by atoms with van der Waals surface area (Å²) in [5.41, 5.74) is 7.07. The molecule has 1 aromatic carbocycles. The Morgan fingerprint density at radius 3 is 2.29 bits per heavy atom. The van der Waals surface area contributed by atoms with Crippen molar-refractivity contribution in [3.63, 3.8) is 0 Å². The van der Waals surface area contributed by atoms with Gasteiger partial charge in [0.1, 0.15) is 0 Å². The van der Waals surface area contributed by atoms with Gasteiger partial charge in [-0.05, 0) is 18.6 Å². The third-order valence-electron chi connectivity index (χ3n) is 2.46. The fourth-order valence-electron chi connectivity index (χ4n) is 1.52. The van der Waals surface area contributed by atoms with E-state index in [9.17, 15) is 8.42 Å². The largest absolute Gasteiger partial charge is 0.329 e. The summed E-state index contributed by atoms with van der Waals surface area (Å²) in [6.07, 6.45) is 0. The van der Waals surface area contributed by atoms with Crippen LogP contribution < -0.4 is 10.0 Å². The van der Waals surface area contributed by atoms with Crippen LogP contribution >= 0.6 is 0 Å². The van der Waals surface area contributed by atoms with Gasteiger partial charge in [0.05, 0.1) is 5.69 Å². The standard InChI is InChI=1S/C11H19N3O2S/c1-10-6-4-5-7-11(10)14(9-8-12)17(15,16)13(2)3/h4-7H,8-9,12H2,1-3H3. The molecule has 17 heavy (non-hydrogen) atoms. The lowest BCUT2D eigenvalue weighted by Crippen LogP contribution is -2.43. The van der Waals surface area contributed by atoms with Gasteiger partial charge in [-0.1, -0.05) is 18.2 Å². The van der Waals surface area contributed by atoms with Crippen molar-refractivity contribution < 1.29 is 8.42 Å². The first-order valence-corrected chi connectivity index (χ1v) is 6.77. The Morgan fingerprint density at radius 1 is 1.24 bits per heavy atom. The van der Waals surface area contributed by atoms with Gasteiger partial charge in [0.2, 0.25) is 0 Å². The van der Waals surface area contributed by atoms with Crippen molar-refractivity contribution in [2.24, 2.45) is 5.73 Å². The first kappa shape index (κ1) is 14.0. The third kappa shape index (κ3) is 2.96. The molecule has 6 heteroatoms. The van der Waals surface area contributed by atoms with Crippen LogP contribution in [0.2, 0.25) is 0 Å². The van der Waals surface area contributed by atoms with E-state index in [1.165, 1.54) is 22.7 Å². The van der Waals surface area contributed by atoms with E-state index in [-0.39, 0.29) is 13.1 Å². The number of nitrogens with zero attached hydrogens (tertiary/aromatic N) is 2. The van der Waals surface area contributed by atoms with Crippen molar-refractivity contribution >= 4 is 15.9 Å². The minimum absolute atomic E-state index is 0.269. The van der Waals surface area contributed by atoms with Crippen LogP contribution in [0.15, 0.2) is 24.3 Å². The molecular formula is C11H19N3O2S. The zero-order chi connectivity index (χ0) is 13.1. The van der Waals surface area contributed by atoms with Crippen molar-refractivity contribution in [3.05, 3.63) is 29.8 Å². The Kier molecular flexibility index (Phi) is 4.50. The monoisotopic (exact) mass is 257 g/mol. The molecule has 5 nitrogen and oxygen atoms in total. The minimum Gasteiger partial charge on any atom is -0.329 e. The SMILES string of the molecule is Cc1ccccc1N(CCN)S(=O)(=O)N(C)C. The number of para-hydroxylation sites is 1. The van der Waals surface area contributed by atoms with Crippen molar-refractivity contribution in [1.29, 1.82) is 0 Å². The third-order valence-corrected chi connectivity index (χ3v) is 4.32. The summed E-state index contributed by atoms with van der Waals surface area (Å²) >= 11 is 0. The molecule has 0 aliphatic rings. The van der Waals surface area contributed by atoms with Crippen molar-refractivity contribution in [2.45, 2.75) is 6.92 Å². The molecule has 1 rings (SSSR count). The molecule has 0 aromatic heterocycles. The van der Waals surface area contributed by atoms with Gasteiger partial charge < -0.3 is 5.73 Å². The van der Waals surface area contributed by atoms with Crippen LogP contribution in [-0.2, 0) is 10.2 Å². The lowest BCUT2D eigenvalue weighted by molar-refractivity contribution is 0.515. The van der Waals surface area contributed by atoms with Crippen LogP contribution in [-0.4, -0.2) is 39.9 Å². The molecule has 0 saturated heterocycles. The fraction of sp³-hybridized carbons (Fsp3) is 0.455. The van der Waals surface area contributed by atoms with Gasteiger partial charge in [-0.25, -0.2) is 0 Å². The molecule has 0 fully saturated rings. The van der Waals surface area contributed by atoms with Gasteiger partial charge in [-0.15, -0.1) is 0 Å². The molecular weight excluding hydrogens is 238 g/mol. The van der Waals surface area contributed by atoms with E-state index in [0.29, 0.717) is 5.69 Å². The molecule has 1 aromatic rings. The average molecular weight is 257 g/mol. The van der Waals surface area contributed by atoms with Gasteiger partial charge in [0, 0.05) is 27.2 Å². The molecule has 0 aliphatic carbocycles. The Bertz CT molecular complexity index is 471. The van der Waals surface area contributed by atoms with E-state index in [1.807, 2.05) is 25.1 Å². The van der Waals surface area contributed by atoms with E-state index < -0.39 is 10.2 Å². The summed E-state index contributed by atoms with van der Waals surface area (Å²) in [7, 11) is -0.468. The predicted molar refractivity (Wildman–Crippen MR) is 70.2 cm³/mol. The van der Waals surface area contributed by atoms with Gasteiger partial charge in [0.15, 0.2) is 0 Å². The Morgan fingerprint density at radius 2 is 1.82 bits per heavy atom. The number of anilines is 1. The average Bonchev–Trinajstić information content (AvgIpc) is 2.26. The van der Waals surface area contributed by atoms with E-state index in [0.717, 1.165) is 5.56 Å². The van der Waals surface area contributed by atoms with Crippen LogP contribution in [0, 0.1) is 6.92 Å². The van der Waals surface area contributed by atoms with Gasteiger partial charge in [0.25, 0.3) is 0 Å². The van der Waals surface area contributed by atoms with E-state index in [2.05, 4.69) is 0 Å². The molecule has 0 aliphatic heterocycles. The molecule has 0 saturated carbocycles. The molecule has 0 bridgehead atoms. The summed E-state index contributed by atoms with van der Waals surface area (Å²) in [5, 5.41) is 0. The zero-order valence-electron chi connectivity index (χ0n) is 10.4. The minimum atomic E-state index is -3.49. The number of nitrogens with two attached hydrogens (primary N) is 1. The molecule has 0 radical (unpaired) electrons. The number of benzene rings is 1. The molecule has 0 heterocycles. The lowest BCUT2D eigenvalue weighted by atomic mass is 10.2. The first-order chi connectivity index (χ1) is 7.91. The van der Waals surface area contributed by atoms with Crippen LogP contribution in [0.5, 0.6) is 0 Å². The van der Waals surface area contributed by atoms with Gasteiger partial charge in [-0.3, -0.25) is 4.31 Å². The first-order valence-electron chi connectivity index (χ1n) is 5.37. The summed E-state index contributed by atoms with van der Waals surface area (Å²) in [6.45, 7) is 2.43. The predicted octanol–water partition coefficient (Wildman–Crippen LogP) is 0.567. The van der Waals surface area contributed by atoms with Crippen molar-refractivity contribution in [1.82, 2.24) is 4.31 Å². The molecule has 2 N–H and O–H groups in total. The summed E-state index contributed by atoms with van der Waals surface area (Å²) < 4.78 is 26.9. The second-order valence-corrected chi connectivity index (χ2v) is 6.00. The van der Waals surface area contributed by atoms with Crippen LogP contribution in [0.1, 0.15) is 5.56 Å². The van der Waals surface area contributed by atoms with E-state index in [1.54, 1.807) is 6.07 Å². The van der Waals surface area contributed by atoms with Crippen LogP contribution in [0.25, 0.3) is 0 Å². The quantitative estimate of drug-likeness (QED) is 0.838. The number of hydrogen-bond donors (Lipinski definition) is 1. The summed E-state index contributed by atoms with van der Waals surface area (Å²) in [5.74, 6) is 0. The van der Waals surface area contributed by atoms with Crippen molar-refractivity contribution in [2.75, 3.05) is 31.5 Å². The van der Waals surface area contributed by atoms with Gasteiger partial charge in [-0.2, -0.15) is 12.7 Å². The van der Waals surface area contributed by atoms with Gasteiger partial charge >= 0.3 is 10.2 Å². The second kappa shape index (κ2) is 5.48. The topological polar surface area (TPSA) is 66.6 Å². The van der Waals surface area contributed by atoms with E-state index >= 15 is 0 Å². The number of aryl methyl sites for hydroxylation is 1. The zero-order valence-corrected chi connectivity index (χ0v) is 11.2. The fourth-order valence-corrected chi connectivity index (χ4v) is 2.70. The maximum absolute atomic E-state index is 12.2. The Hall–Kier alpha value is -1.11. The highest BCUT2D eigenvalue weighted by molar-refractivity contribution is 7.90. The number of hydrogen-bond acceptors (Lipinski definition) is 3. The Balaban J connectivity index is 3.24. The maximum atomic E-state index is 12.2. The van der Waals surface area contributed by atoms with Crippen molar-refractivity contribution in [3.8, 4) is 0 Å². The highest BCUT2D eigenvalue weighted by atomic mass is 32.2. The van der Waals surface area contributed by atoms with E-state index in [4.69, 9.17) is 5.73 Å². The second-order valence-electron chi connectivity index (χ2n) is 3.94. The number of rotatable bonds is 5. The molecule has 96 valence electrons. The molecule has 0 spiro atoms. The summed E-state index contributed by atoms with van der Waals surface area (Å²) in [6, 6.07) is 7.36. The summed E-state index contributed by atoms with van der Waals surface area (Å²) in [4.78, 5) is 0. The molecule has 0 unspecified atom stereocenters. The Labute approximate surface area is 103 Å². The lowest BCUT2D eigenvalue weighted by Gasteiger charge is -2.28. The molecule has 0 atom stereocenters. The van der Waals surface area contributed by atoms with Crippen LogP contribution in [0.3, 0.4) is 0 Å². The maximum Gasteiger partial charge on any atom is 0.303 e. The normalized spacial score (nSPS) is 11.8. The highest BCUT2D eigenvalue weighted by Crippen LogP contribution is 2.22. The smallest absolute Gasteiger partial charge is 0.303 e.